The normalized spacial score (nSPS) is 15.4. The number of aromatic nitrogens is 3. The largest absolute Gasteiger partial charge is 0.497 e. The maximum absolute atomic E-state index is 12.9. The second-order valence-corrected chi connectivity index (χ2v) is 11.3. The summed E-state index contributed by atoms with van der Waals surface area (Å²) >= 11 is 1.62. The van der Waals surface area contributed by atoms with Crippen LogP contribution < -0.4 is 4.74 Å². The average molecular weight is 568 g/mol. The molecule has 2 amide bonds. The summed E-state index contributed by atoms with van der Waals surface area (Å²) in [5.41, 5.74) is 0.919. The van der Waals surface area contributed by atoms with E-state index in [0.29, 0.717) is 44.1 Å². The van der Waals surface area contributed by atoms with Crippen LogP contribution in [0.4, 0.5) is 0 Å². The van der Waals surface area contributed by atoms with Gasteiger partial charge in [0.25, 0.3) is 0 Å². The molecule has 10 heteroatoms. The van der Waals surface area contributed by atoms with Crippen molar-refractivity contribution in [3.63, 3.8) is 0 Å². The SMILES string of the molecule is CCCCCCC(=O)N1CCN(C(=O)CCCCSc2nnc(-c3ccco3)n2-c2ccc(OC)cc2)CC1C. The fourth-order valence-electron chi connectivity index (χ4n) is 4.99. The van der Waals surface area contributed by atoms with Gasteiger partial charge in [-0.2, -0.15) is 0 Å². The van der Waals surface area contributed by atoms with Crippen LogP contribution in [0.2, 0.25) is 0 Å². The predicted octanol–water partition coefficient (Wildman–Crippen LogP) is 5.83. The summed E-state index contributed by atoms with van der Waals surface area (Å²) in [7, 11) is 1.64. The molecule has 1 unspecified atom stereocenters. The van der Waals surface area contributed by atoms with Crippen molar-refractivity contribution in [1.29, 1.82) is 0 Å². The van der Waals surface area contributed by atoms with Crippen molar-refractivity contribution in [2.24, 2.45) is 0 Å². The number of carbonyl (C=O) groups excluding carboxylic acids is 2. The number of rotatable bonds is 14. The molecule has 4 rings (SSSR count). The fourth-order valence-corrected chi connectivity index (χ4v) is 5.94. The first-order valence-corrected chi connectivity index (χ1v) is 15.3. The molecule has 9 nitrogen and oxygen atoms in total. The highest BCUT2D eigenvalue weighted by molar-refractivity contribution is 7.99. The monoisotopic (exact) mass is 567 g/mol. The standard InChI is InChI=1S/C30H41N5O4S/c1-4-5-6-7-13-28(37)34-19-18-33(22-23(34)2)27(36)12-8-9-21-40-30-32-31-29(26-11-10-20-39-26)35(30)24-14-16-25(38-3)17-15-24/h10-11,14-17,20,23H,4-9,12-13,18-19,21-22H2,1-3H3. The first kappa shape index (κ1) is 29.7. The summed E-state index contributed by atoms with van der Waals surface area (Å²) in [5, 5.41) is 9.60. The third-order valence-corrected chi connectivity index (χ3v) is 8.28. The van der Waals surface area contributed by atoms with Crippen molar-refractivity contribution in [1.82, 2.24) is 24.6 Å². The number of ether oxygens (including phenoxy) is 1. The molecule has 1 fully saturated rings. The lowest BCUT2D eigenvalue weighted by Gasteiger charge is -2.40. The van der Waals surface area contributed by atoms with Crippen LogP contribution in [0, 0.1) is 0 Å². The van der Waals surface area contributed by atoms with Gasteiger partial charge < -0.3 is 19.0 Å². The molecule has 1 atom stereocenters. The van der Waals surface area contributed by atoms with Crippen LogP contribution in [-0.4, -0.2) is 74.9 Å². The Morgan fingerprint density at radius 1 is 1.00 bits per heavy atom. The Labute approximate surface area is 241 Å². The number of hydrogen-bond acceptors (Lipinski definition) is 7. The molecule has 1 aromatic carbocycles. The fraction of sp³-hybridized carbons (Fsp3) is 0.533. The highest BCUT2D eigenvalue weighted by Crippen LogP contribution is 2.29. The van der Waals surface area contributed by atoms with Crippen molar-refractivity contribution in [3.8, 4) is 23.0 Å². The van der Waals surface area contributed by atoms with Crippen molar-refractivity contribution in [2.75, 3.05) is 32.5 Å². The number of furan rings is 1. The minimum Gasteiger partial charge on any atom is -0.497 e. The van der Waals surface area contributed by atoms with Crippen LogP contribution in [0.1, 0.15) is 65.2 Å². The van der Waals surface area contributed by atoms with Crippen molar-refractivity contribution in [2.45, 2.75) is 76.4 Å². The van der Waals surface area contributed by atoms with Gasteiger partial charge in [-0.1, -0.05) is 37.9 Å². The Morgan fingerprint density at radius 3 is 2.48 bits per heavy atom. The molecule has 216 valence electrons. The van der Waals surface area contributed by atoms with E-state index in [0.717, 1.165) is 48.0 Å². The summed E-state index contributed by atoms with van der Waals surface area (Å²) in [6, 6.07) is 11.5. The zero-order valence-electron chi connectivity index (χ0n) is 23.9. The number of benzene rings is 1. The zero-order valence-corrected chi connectivity index (χ0v) is 24.7. The summed E-state index contributed by atoms with van der Waals surface area (Å²) in [6.45, 7) is 6.10. The Morgan fingerprint density at radius 2 is 1.77 bits per heavy atom. The van der Waals surface area contributed by atoms with Crippen LogP contribution in [0.5, 0.6) is 5.75 Å². The summed E-state index contributed by atoms with van der Waals surface area (Å²) < 4.78 is 12.9. The highest BCUT2D eigenvalue weighted by atomic mass is 32.2. The van der Waals surface area contributed by atoms with Gasteiger partial charge in [-0.05, 0) is 62.6 Å². The van der Waals surface area contributed by atoms with Gasteiger partial charge in [0.05, 0.1) is 19.1 Å². The van der Waals surface area contributed by atoms with Gasteiger partial charge in [0.1, 0.15) is 5.75 Å². The van der Waals surface area contributed by atoms with Crippen LogP contribution in [0.15, 0.2) is 52.2 Å². The molecule has 0 N–H and O–H groups in total. The molecule has 0 saturated carbocycles. The molecule has 3 heterocycles. The van der Waals surface area contributed by atoms with Gasteiger partial charge in [-0.25, -0.2) is 0 Å². The quantitative estimate of drug-likeness (QED) is 0.179. The number of nitrogens with zero attached hydrogens (tertiary/aromatic N) is 5. The Balaban J connectivity index is 1.24. The van der Waals surface area contributed by atoms with Gasteiger partial charge in [-0.3, -0.25) is 14.2 Å². The molecule has 40 heavy (non-hydrogen) atoms. The number of piperazine rings is 1. The summed E-state index contributed by atoms with van der Waals surface area (Å²) in [5.74, 6) is 3.28. The van der Waals surface area contributed by atoms with E-state index >= 15 is 0 Å². The Kier molecular flexibility index (Phi) is 11.1. The number of amides is 2. The Bertz CT molecular complexity index is 1210. The predicted molar refractivity (Wildman–Crippen MR) is 157 cm³/mol. The number of thioether (sulfide) groups is 1. The molecule has 1 saturated heterocycles. The van der Waals surface area contributed by atoms with Crippen LogP contribution >= 0.6 is 11.8 Å². The molecular formula is C30H41N5O4S. The minimum atomic E-state index is 0.0691. The van der Waals surface area contributed by atoms with E-state index in [1.165, 1.54) is 12.8 Å². The third-order valence-electron chi connectivity index (χ3n) is 7.27. The molecule has 1 aliphatic rings. The topological polar surface area (TPSA) is 93.7 Å². The van der Waals surface area contributed by atoms with Gasteiger partial charge in [0.15, 0.2) is 10.9 Å². The lowest BCUT2D eigenvalue weighted by Crippen LogP contribution is -2.55. The second-order valence-electron chi connectivity index (χ2n) is 10.2. The molecule has 0 aliphatic carbocycles. The lowest BCUT2D eigenvalue weighted by molar-refractivity contribution is -0.142. The number of methoxy groups -OCH3 is 1. The first-order chi connectivity index (χ1) is 19.5. The summed E-state index contributed by atoms with van der Waals surface area (Å²) in [6.07, 6.45) is 8.85. The maximum atomic E-state index is 12.9. The van der Waals surface area contributed by atoms with Crippen LogP contribution in [0.25, 0.3) is 17.3 Å². The smallest absolute Gasteiger partial charge is 0.222 e. The minimum absolute atomic E-state index is 0.0691. The van der Waals surface area contributed by atoms with E-state index < -0.39 is 0 Å². The highest BCUT2D eigenvalue weighted by Gasteiger charge is 2.29. The molecule has 0 bridgehead atoms. The first-order valence-electron chi connectivity index (χ1n) is 14.4. The zero-order chi connectivity index (χ0) is 28.3. The molecule has 0 radical (unpaired) electrons. The van der Waals surface area contributed by atoms with E-state index in [9.17, 15) is 9.59 Å². The van der Waals surface area contributed by atoms with Crippen LogP contribution in [-0.2, 0) is 9.59 Å². The number of unbranched alkanes of at least 4 members (excludes halogenated alkanes) is 4. The van der Waals surface area contributed by atoms with E-state index in [1.807, 2.05) is 50.8 Å². The second kappa shape index (κ2) is 14.9. The van der Waals surface area contributed by atoms with E-state index in [4.69, 9.17) is 9.15 Å². The van der Waals surface area contributed by atoms with Gasteiger partial charge in [0.2, 0.25) is 17.6 Å². The van der Waals surface area contributed by atoms with Crippen LogP contribution in [0.3, 0.4) is 0 Å². The molecule has 3 aromatic rings. The Hall–Kier alpha value is -3.27. The maximum Gasteiger partial charge on any atom is 0.222 e. The molecule has 0 spiro atoms. The average Bonchev–Trinajstić information content (AvgIpc) is 3.65. The van der Waals surface area contributed by atoms with Gasteiger partial charge in [0, 0.05) is 44.3 Å². The van der Waals surface area contributed by atoms with Crippen molar-refractivity contribution < 1.29 is 18.7 Å². The van der Waals surface area contributed by atoms with Gasteiger partial charge >= 0.3 is 0 Å². The van der Waals surface area contributed by atoms with E-state index in [2.05, 4.69) is 24.0 Å². The number of carbonyl (C=O) groups is 2. The molecular weight excluding hydrogens is 526 g/mol. The van der Waals surface area contributed by atoms with Gasteiger partial charge in [-0.15, -0.1) is 10.2 Å². The molecule has 2 aromatic heterocycles. The summed E-state index contributed by atoms with van der Waals surface area (Å²) in [4.78, 5) is 29.4. The van der Waals surface area contributed by atoms with E-state index in [1.54, 1.807) is 25.1 Å². The lowest BCUT2D eigenvalue weighted by atomic mass is 10.1. The van der Waals surface area contributed by atoms with Crippen molar-refractivity contribution >= 4 is 23.6 Å². The van der Waals surface area contributed by atoms with E-state index in [-0.39, 0.29) is 17.9 Å². The molecule has 1 aliphatic heterocycles. The third kappa shape index (κ3) is 7.68. The van der Waals surface area contributed by atoms with Crippen molar-refractivity contribution in [3.05, 3.63) is 42.7 Å². The number of hydrogen-bond donors (Lipinski definition) is 0.